The molecule has 0 aliphatic carbocycles. The molecule has 1 aromatic carbocycles. The zero-order valence-electron chi connectivity index (χ0n) is 18.1. The average Bonchev–Trinajstić information content (AvgIpc) is 3.25. The summed E-state index contributed by atoms with van der Waals surface area (Å²) in [6, 6.07) is 5.69. The van der Waals surface area contributed by atoms with E-state index in [9.17, 15) is 9.59 Å². The first-order valence-electron chi connectivity index (χ1n) is 11.1. The van der Waals surface area contributed by atoms with E-state index >= 15 is 0 Å². The molecule has 6 heteroatoms. The molecule has 2 amide bonds. The Balaban J connectivity index is 2.00. The second-order valence-electron chi connectivity index (χ2n) is 7.74. The zero-order chi connectivity index (χ0) is 20.9. The second-order valence-corrected chi connectivity index (χ2v) is 7.74. The summed E-state index contributed by atoms with van der Waals surface area (Å²) in [5, 5.41) is 5.94. The topological polar surface area (TPSA) is 70.7 Å². The molecular formula is C23H37N3O3. The minimum absolute atomic E-state index is 0.0156. The third-order valence-electron chi connectivity index (χ3n) is 5.29. The Bertz CT molecular complexity index is 642. The van der Waals surface area contributed by atoms with Gasteiger partial charge in [0.05, 0.1) is 5.56 Å². The number of carbonyl (C=O) groups excluding carboxylic acids is 2. The van der Waals surface area contributed by atoms with Crippen molar-refractivity contribution in [3.05, 3.63) is 23.8 Å². The van der Waals surface area contributed by atoms with Crippen molar-refractivity contribution >= 4 is 23.2 Å². The Morgan fingerprint density at radius 2 is 1.83 bits per heavy atom. The smallest absolute Gasteiger partial charge is 0.253 e. The molecule has 1 fully saturated rings. The molecule has 1 aromatic rings. The van der Waals surface area contributed by atoms with Crippen LogP contribution in [0.25, 0.3) is 0 Å². The summed E-state index contributed by atoms with van der Waals surface area (Å²) >= 11 is 0. The van der Waals surface area contributed by atoms with Gasteiger partial charge in [-0.2, -0.15) is 0 Å². The first-order chi connectivity index (χ1) is 14.2. The molecule has 2 N–H and O–H groups in total. The maximum Gasteiger partial charge on any atom is 0.253 e. The molecule has 0 saturated carbocycles. The van der Waals surface area contributed by atoms with E-state index in [2.05, 4.69) is 22.5 Å². The molecule has 0 bridgehead atoms. The van der Waals surface area contributed by atoms with Gasteiger partial charge < -0.3 is 20.3 Å². The van der Waals surface area contributed by atoms with Gasteiger partial charge >= 0.3 is 0 Å². The lowest BCUT2D eigenvalue weighted by Gasteiger charge is -2.22. The molecule has 0 spiro atoms. The maximum atomic E-state index is 12.8. The maximum absolute atomic E-state index is 12.8. The molecule has 1 heterocycles. The number of rotatable bonds is 13. The number of ether oxygens (including phenoxy) is 1. The van der Waals surface area contributed by atoms with Crippen LogP contribution in [0.5, 0.6) is 0 Å². The van der Waals surface area contributed by atoms with Gasteiger partial charge in [0.25, 0.3) is 5.91 Å². The summed E-state index contributed by atoms with van der Waals surface area (Å²) in [6.07, 6.45) is 9.19. The molecule has 2 rings (SSSR count). The van der Waals surface area contributed by atoms with Crippen LogP contribution in [0.1, 0.15) is 75.1 Å². The normalized spacial score (nSPS) is 13.5. The standard InChI is InChI=1S/C23H37N3O3/c1-3-4-5-6-7-11-22(27)25-19-12-13-21(26-15-8-9-16-26)20(18-19)23(28)24-14-10-17-29-2/h12-13,18H,3-11,14-17H2,1-2H3,(H,24,28)(H,25,27). The van der Waals surface area contributed by atoms with Gasteiger partial charge in [0.2, 0.25) is 5.91 Å². The fourth-order valence-electron chi connectivity index (χ4n) is 3.66. The van der Waals surface area contributed by atoms with Crippen molar-refractivity contribution < 1.29 is 14.3 Å². The van der Waals surface area contributed by atoms with Crippen LogP contribution in [0.4, 0.5) is 11.4 Å². The van der Waals surface area contributed by atoms with Crippen molar-refractivity contribution in [1.29, 1.82) is 0 Å². The van der Waals surface area contributed by atoms with E-state index in [0.717, 1.165) is 50.9 Å². The number of methoxy groups -OCH3 is 1. The van der Waals surface area contributed by atoms with Crippen LogP contribution >= 0.6 is 0 Å². The summed E-state index contributed by atoms with van der Waals surface area (Å²) in [4.78, 5) is 27.3. The molecule has 0 atom stereocenters. The van der Waals surface area contributed by atoms with Crippen LogP contribution in [-0.2, 0) is 9.53 Å². The predicted octanol–water partition coefficient (Wildman–Crippen LogP) is 4.35. The lowest BCUT2D eigenvalue weighted by Crippen LogP contribution is -2.29. The Morgan fingerprint density at radius 3 is 2.55 bits per heavy atom. The van der Waals surface area contributed by atoms with Gasteiger partial charge in [-0.1, -0.05) is 32.6 Å². The van der Waals surface area contributed by atoms with Crippen LogP contribution in [-0.4, -0.2) is 45.2 Å². The van der Waals surface area contributed by atoms with Crippen molar-refractivity contribution in [1.82, 2.24) is 5.32 Å². The largest absolute Gasteiger partial charge is 0.385 e. The van der Waals surface area contributed by atoms with Crippen LogP contribution in [0.3, 0.4) is 0 Å². The van der Waals surface area contributed by atoms with Gasteiger partial charge in [-0.25, -0.2) is 0 Å². The SMILES string of the molecule is CCCCCCCC(=O)Nc1ccc(N2CCCC2)c(C(=O)NCCCOC)c1. The zero-order valence-corrected chi connectivity index (χ0v) is 18.1. The second kappa shape index (κ2) is 13.2. The van der Waals surface area contributed by atoms with Gasteiger partial charge in [0.15, 0.2) is 0 Å². The van der Waals surface area contributed by atoms with Gasteiger partial charge in [0, 0.05) is 51.1 Å². The van der Waals surface area contributed by atoms with E-state index in [0.29, 0.717) is 30.8 Å². The lowest BCUT2D eigenvalue weighted by atomic mass is 10.1. The van der Waals surface area contributed by atoms with Crippen molar-refractivity contribution in [2.75, 3.05) is 43.6 Å². The highest BCUT2D eigenvalue weighted by atomic mass is 16.5. The fourth-order valence-corrected chi connectivity index (χ4v) is 3.66. The van der Waals surface area contributed by atoms with Crippen molar-refractivity contribution in [2.45, 2.75) is 64.7 Å². The molecular weight excluding hydrogens is 366 g/mol. The van der Waals surface area contributed by atoms with Crippen LogP contribution in [0, 0.1) is 0 Å². The number of anilines is 2. The van der Waals surface area contributed by atoms with Gasteiger partial charge in [-0.05, 0) is 43.9 Å². The summed E-state index contributed by atoms with van der Waals surface area (Å²) < 4.78 is 5.04. The molecule has 6 nitrogen and oxygen atoms in total. The number of hydrogen-bond acceptors (Lipinski definition) is 4. The quantitative estimate of drug-likeness (QED) is 0.480. The van der Waals surface area contributed by atoms with Crippen molar-refractivity contribution in [3.63, 3.8) is 0 Å². The highest BCUT2D eigenvalue weighted by molar-refractivity contribution is 6.02. The summed E-state index contributed by atoms with van der Waals surface area (Å²) in [7, 11) is 1.66. The third kappa shape index (κ3) is 8.05. The predicted molar refractivity (Wildman–Crippen MR) is 119 cm³/mol. The number of amides is 2. The van der Waals surface area contributed by atoms with Crippen molar-refractivity contribution in [3.8, 4) is 0 Å². The first kappa shape index (κ1) is 23.2. The number of unbranched alkanes of at least 4 members (excludes halogenated alkanes) is 4. The Kier molecular flexibility index (Phi) is 10.6. The molecule has 1 aliphatic rings. The van der Waals surface area contributed by atoms with Crippen molar-refractivity contribution in [2.24, 2.45) is 0 Å². The van der Waals surface area contributed by atoms with E-state index < -0.39 is 0 Å². The fraction of sp³-hybridized carbons (Fsp3) is 0.652. The summed E-state index contributed by atoms with van der Waals surface area (Å²) in [5.74, 6) is -0.0828. The van der Waals surface area contributed by atoms with Gasteiger partial charge in [-0.3, -0.25) is 9.59 Å². The number of benzene rings is 1. The molecule has 0 aromatic heterocycles. The lowest BCUT2D eigenvalue weighted by molar-refractivity contribution is -0.116. The Morgan fingerprint density at radius 1 is 1.07 bits per heavy atom. The molecule has 1 saturated heterocycles. The highest BCUT2D eigenvalue weighted by Crippen LogP contribution is 2.27. The van der Waals surface area contributed by atoms with Crippen LogP contribution < -0.4 is 15.5 Å². The average molecular weight is 404 g/mol. The summed E-state index contributed by atoms with van der Waals surface area (Å²) in [6.45, 7) is 5.30. The summed E-state index contributed by atoms with van der Waals surface area (Å²) in [5.41, 5.74) is 2.27. The highest BCUT2D eigenvalue weighted by Gasteiger charge is 2.20. The van der Waals surface area contributed by atoms with Gasteiger partial charge in [0.1, 0.15) is 0 Å². The van der Waals surface area contributed by atoms with E-state index in [1.165, 1.54) is 19.3 Å². The minimum Gasteiger partial charge on any atom is -0.385 e. The number of hydrogen-bond donors (Lipinski definition) is 2. The van der Waals surface area contributed by atoms with Crippen LogP contribution in [0.2, 0.25) is 0 Å². The Hall–Kier alpha value is -2.08. The Labute approximate surface area is 175 Å². The molecule has 162 valence electrons. The number of nitrogens with one attached hydrogen (secondary N) is 2. The molecule has 0 unspecified atom stereocenters. The van der Waals surface area contributed by atoms with E-state index in [1.807, 2.05) is 18.2 Å². The van der Waals surface area contributed by atoms with Gasteiger partial charge in [-0.15, -0.1) is 0 Å². The number of nitrogens with zero attached hydrogens (tertiary/aromatic N) is 1. The monoisotopic (exact) mass is 403 g/mol. The molecule has 29 heavy (non-hydrogen) atoms. The van der Waals surface area contributed by atoms with Crippen LogP contribution in [0.15, 0.2) is 18.2 Å². The molecule has 1 aliphatic heterocycles. The van der Waals surface area contributed by atoms with E-state index in [1.54, 1.807) is 7.11 Å². The number of carbonyl (C=O) groups is 2. The first-order valence-corrected chi connectivity index (χ1v) is 11.1. The van der Waals surface area contributed by atoms with E-state index in [-0.39, 0.29) is 11.8 Å². The van der Waals surface area contributed by atoms with E-state index in [4.69, 9.17) is 4.74 Å². The minimum atomic E-state index is -0.0985. The molecule has 0 radical (unpaired) electrons. The third-order valence-corrected chi connectivity index (χ3v) is 5.29.